The summed E-state index contributed by atoms with van der Waals surface area (Å²) in [6, 6.07) is 10.3. The highest BCUT2D eigenvalue weighted by Gasteiger charge is 2.22. The molecule has 2 aromatic rings. The molecule has 1 N–H and O–H groups in total. The number of amides is 2. The van der Waals surface area contributed by atoms with Gasteiger partial charge >= 0.3 is 0 Å². The van der Waals surface area contributed by atoms with E-state index in [-0.39, 0.29) is 30.2 Å². The number of benzene rings is 2. The molecule has 1 aliphatic rings. The second-order valence-electron chi connectivity index (χ2n) is 7.57. The van der Waals surface area contributed by atoms with Crippen LogP contribution in [0.15, 0.2) is 42.5 Å². The van der Waals surface area contributed by atoms with Crippen LogP contribution in [-0.4, -0.2) is 29.8 Å². The van der Waals surface area contributed by atoms with Gasteiger partial charge in [0.25, 0.3) is 5.91 Å². The van der Waals surface area contributed by atoms with E-state index in [0.717, 1.165) is 43.9 Å². The van der Waals surface area contributed by atoms with E-state index in [1.54, 1.807) is 24.3 Å². The number of nitrogens with one attached hydrogen (secondary N) is 1. The lowest BCUT2D eigenvalue weighted by Gasteiger charge is -2.31. The van der Waals surface area contributed by atoms with Crippen molar-refractivity contribution in [2.75, 3.05) is 12.4 Å². The van der Waals surface area contributed by atoms with E-state index in [2.05, 4.69) is 5.32 Å². The Morgan fingerprint density at radius 1 is 1.03 bits per heavy atom. The van der Waals surface area contributed by atoms with Crippen LogP contribution in [0, 0.1) is 11.6 Å². The molecular formula is C23H26F2N2O2. The molecule has 1 aliphatic carbocycles. The molecule has 0 saturated heterocycles. The van der Waals surface area contributed by atoms with Crippen LogP contribution in [0.25, 0.3) is 0 Å². The lowest BCUT2D eigenvalue weighted by atomic mass is 9.94. The number of hydrogen-bond donors (Lipinski definition) is 1. The number of carbonyl (C=O) groups is 2. The lowest BCUT2D eigenvalue weighted by Crippen LogP contribution is -2.38. The zero-order chi connectivity index (χ0) is 20.8. The molecule has 0 bridgehead atoms. The number of rotatable bonds is 6. The van der Waals surface area contributed by atoms with Crippen molar-refractivity contribution in [2.45, 2.75) is 51.0 Å². The fraction of sp³-hybridized carbons (Fsp3) is 0.391. The molecular weight excluding hydrogens is 374 g/mol. The molecule has 1 saturated carbocycles. The third kappa shape index (κ3) is 5.62. The molecule has 154 valence electrons. The van der Waals surface area contributed by atoms with Gasteiger partial charge in [-0.25, -0.2) is 8.78 Å². The number of halogens is 2. The highest BCUT2D eigenvalue weighted by Crippen LogP contribution is 2.23. The van der Waals surface area contributed by atoms with Gasteiger partial charge < -0.3 is 10.2 Å². The van der Waals surface area contributed by atoms with Crippen LogP contribution in [0.5, 0.6) is 0 Å². The molecule has 2 aromatic carbocycles. The van der Waals surface area contributed by atoms with Gasteiger partial charge in [0.1, 0.15) is 11.6 Å². The zero-order valence-electron chi connectivity index (χ0n) is 16.6. The Labute approximate surface area is 169 Å². The van der Waals surface area contributed by atoms with Gasteiger partial charge in [0.05, 0.1) is 0 Å². The Hall–Kier alpha value is -2.76. The molecule has 3 rings (SSSR count). The third-order valence-corrected chi connectivity index (χ3v) is 5.49. The molecule has 0 unspecified atom stereocenters. The molecule has 0 heterocycles. The van der Waals surface area contributed by atoms with E-state index in [1.807, 2.05) is 11.9 Å². The third-order valence-electron chi connectivity index (χ3n) is 5.49. The maximum absolute atomic E-state index is 13.6. The van der Waals surface area contributed by atoms with Crippen molar-refractivity contribution in [1.82, 2.24) is 4.90 Å². The summed E-state index contributed by atoms with van der Waals surface area (Å²) in [6.45, 7) is 0. The molecule has 2 amide bonds. The van der Waals surface area contributed by atoms with Gasteiger partial charge in [0, 0.05) is 30.8 Å². The molecule has 0 atom stereocenters. The number of hydrogen-bond acceptors (Lipinski definition) is 2. The van der Waals surface area contributed by atoms with Crippen molar-refractivity contribution in [3.05, 3.63) is 65.2 Å². The summed E-state index contributed by atoms with van der Waals surface area (Å²) in [4.78, 5) is 26.6. The second-order valence-corrected chi connectivity index (χ2v) is 7.57. The Kier molecular flexibility index (Phi) is 6.96. The zero-order valence-corrected chi connectivity index (χ0v) is 16.6. The molecule has 0 spiro atoms. The highest BCUT2D eigenvalue weighted by molar-refractivity contribution is 5.95. The second kappa shape index (κ2) is 9.63. The van der Waals surface area contributed by atoms with Crippen molar-refractivity contribution in [3.8, 4) is 0 Å². The lowest BCUT2D eigenvalue weighted by molar-refractivity contribution is -0.116. The van der Waals surface area contributed by atoms with Crippen molar-refractivity contribution in [2.24, 2.45) is 0 Å². The summed E-state index contributed by atoms with van der Waals surface area (Å²) in [7, 11) is 1.85. The minimum Gasteiger partial charge on any atom is -0.339 e. The van der Waals surface area contributed by atoms with E-state index < -0.39 is 11.6 Å². The van der Waals surface area contributed by atoms with Crippen LogP contribution >= 0.6 is 0 Å². The number of anilines is 1. The van der Waals surface area contributed by atoms with Crippen molar-refractivity contribution in [1.29, 1.82) is 0 Å². The first kappa shape index (κ1) is 21.0. The van der Waals surface area contributed by atoms with Crippen LogP contribution in [-0.2, 0) is 11.2 Å². The van der Waals surface area contributed by atoms with Gasteiger partial charge in [0.15, 0.2) is 0 Å². The summed E-state index contributed by atoms with van der Waals surface area (Å²) in [5.74, 6) is -1.37. The first-order valence-electron chi connectivity index (χ1n) is 10.0. The van der Waals surface area contributed by atoms with Crippen LogP contribution in [0.1, 0.15) is 54.4 Å². The summed E-state index contributed by atoms with van der Waals surface area (Å²) < 4.78 is 26.8. The number of carbonyl (C=O) groups excluding carboxylic acids is 2. The van der Waals surface area contributed by atoms with Gasteiger partial charge in [-0.3, -0.25) is 9.59 Å². The largest absolute Gasteiger partial charge is 0.339 e. The van der Waals surface area contributed by atoms with E-state index in [4.69, 9.17) is 0 Å². The molecule has 6 heteroatoms. The van der Waals surface area contributed by atoms with E-state index in [0.29, 0.717) is 17.3 Å². The Balaban J connectivity index is 1.53. The van der Waals surface area contributed by atoms with Crippen LogP contribution < -0.4 is 5.32 Å². The molecule has 1 fully saturated rings. The Morgan fingerprint density at radius 2 is 1.72 bits per heavy atom. The average molecular weight is 400 g/mol. The summed E-state index contributed by atoms with van der Waals surface area (Å²) >= 11 is 0. The maximum atomic E-state index is 13.6. The molecule has 0 aliphatic heterocycles. The first-order chi connectivity index (χ1) is 13.9. The van der Waals surface area contributed by atoms with Crippen LogP contribution in [0.4, 0.5) is 14.5 Å². The van der Waals surface area contributed by atoms with Crippen molar-refractivity contribution < 1.29 is 18.4 Å². The predicted octanol–water partition coefficient (Wildman–Crippen LogP) is 4.94. The van der Waals surface area contributed by atoms with Crippen LogP contribution in [0.3, 0.4) is 0 Å². The summed E-state index contributed by atoms with van der Waals surface area (Å²) in [6.07, 6.45) is 5.78. The Morgan fingerprint density at radius 3 is 2.41 bits per heavy atom. The predicted molar refractivity (Wildman–Crippen MR) is 109 cm³/mol. The van der Waals surface area contributed by atoms with E-state index in [9.17, 15) is 18.4 Å². The topological polar surface area (TPSA) is 49.4 Å². The fourth-order valence-corrected chi connectivity index (χ4v) is 3.74. The van der Waals surface area contributed by atoms with E-state index in [1.165, 1.54) is 6.42 Å². The molecule has 0 radical (unpaired) electrons. The normalized spacial score (nSPS) is 14.4. The summed E-state index contributed by atoms with van der Waals surface area (Å²) in [5, 5.41) is 2.72. The van der Waals surface area contributed by atoms with E-state index >= 15 is 0 Å². The highest BCUT2D eigenvalue weighted by atomic mass is 19.1. The number of nitrogens with zero attached hydrogens (tertiary/aromatic N) is 1. The van der Waals surface area contributed by atoms with Crippen LogP contribution in [0.2, 0.25) is 0 Å². The van der Waals surface area contributed by atoms with Crippen molar-refractivity contribution in [3.63, 3.8) is 0 Å². The van der Waals surface area contributed by atoms with Gasteiger partial charge in [-0.1, -0.05) is 19.3 Å². The minimum atomic E-state index is -0.528. The molecule has 4 nitrogen and oxygen atoms in total. The maximum Gasteiger partial charge on any atom is 0.253 e. The summed E-state index contributed by atoms with van der Waals surface area (Å²) in [5.41, 5.74) is 1.32. The van der Waals surface area contributed by atoms with Gasteiger partial charge in [-0.2, -0.15) is 0 Å². The Bertz CT molecular complexity index is 862. The standard InChI is InChI=1S/C23H26F2N2O2/c1-27(20-5-3-2-4-6-20)23(29)16-7-11-19(12-8-16)26-22(28)14-9-17-15-18(24)10-13-21(17)25/h7-8,10-13,15,20H,2-6,9,14H2,1H3,(H,26,28). The minimum absolute atomic E-state index is 0.0173. The fourth-order valence-electron chi connectivity index (χ4n) is 3.74. The smallest absolute Gasteiger partial charge is 0.253 e. The molecule has 0 aromatic heterocycles. The monoisotopic (exact) mass is 400 g/mol. The van der Waals surface area contributed by atoms with Gasteiger partial charge in [0.2, 0.25) is 5.91 Å². The van der Waals surface area contributed by atoms with Gasteiger partial charge in [-0.05, 0) is 67.3 Å². The van der Waals surface area contributed by atoms with Crippen molar-refractivity contribution >= 4 is 17.5 Å². The SMILES string of the molecule is CN(C(=O)c1ccc(NC(=O)CCc2cc(F)ccc2F)cc1)C1CCCCC1. The quantitative estimate of drug-likeness (QED) is 0.747. The first-order valence-corrected chi connectivity index (χ1v) is 10.0. The number of aryl methyl sites for hydroxylation is 1. The van der Waals surface area contributed by atoms with Gasteiger partial charge in [-0.15, -0.1) is 0 Å². The average Bonchev–Trinajstić information content (AvgIpc) is 2.74. The molecule has 29 heavy (non-hydrogen) atoms.